The molecule has 4 heterocycles. The van der Waals surface area contributed by atoms with Crippen LogP contribution in [0.3, 0.4) is 0 Å². The highest BCUT2D eigenvalue weighted by Gasteiger charge is 2.33. The fourth-order valence-electron chi connectivity index (χ4n) is 4.07. The molecular formula is C21H25N5O. The van der Waals surface area contributed by atoms with Crippen LogP contribution in [-0.2, 0) is 4.74 Å². The van der Waals surface area contributed by atoms with Crippen LogP contribution < -0.4 is 4.90 Å². The third-order valence-electron chi connectivity index (χ3n) is 5.58. The van der Waals surface area contributed by atoms with Crippen LogP contribution in [0.2, 0.25) is 0 Å². The Labute approximate surface area is 160 Å². The first kappa shape index (κ1) is 16.6. The Kier molecular flexibility index (Phi) is 4.01. The van der Waals surface area contributed by atoms with E-state index in [2.05, 4.69) is 58.9 Å². The molecule has 0 bridgehead atoms. The molecule has 1 aromatic carbocycles. The van der Waals surface area contributed by atoms with Gasteiger partial charge in [0, 0.05) is 43.1 Å². The number of amidine groups is 1. The van der Waals surface area contributed by atoms with Gasteiger partial charge in [0.1, 0.15) is 5.84 Å². The maximum absolute atomic E-state index is 5.50. The molecule has 1 aromatic rings. The highest BCUT2D eigenvalue weighted by Crippen LogP contribution is 2.34. The Hall–Kier alpha value is -2.60. The van der Waals surface area contributed by atoms with Crippen molar-refractivity contribution >= 4 is 23.2 Å². The van der Waals surface area contributed by atoms with Crippen LogP contribution in [0.15, 0.2) is 51.6 Å². The number of anilines is 1. The molecule has 27 heavy (non-hydrogen) atoms. The second-order valence-corrected chi connectivity index (χ2v) is 7.48. The summed E-state index contributed by atoms with van der Waals surface area (Å²) < 4.78 is 5.50. The number of morpholine rings is 1. The minimum atomic E-state index is 0.787. The number of ether oxygens (including phenoxy) is 1. The van der Waals surface area contributed by atoms with Crippen LogP contribution in [-0.4, -0.2) is 67.5 Å². The van der Waals surface area contributed by atoms with E-state index in [9.17, 15) is 0 Å². The van der Waals surface area contributed by atoms with Gasteiger partial charge in [0.05, 0.1) is 25.4 Å². The molecule has 0 aliphatic carbocycles. The summed E-state index contributed by atoms with van der Waals surface area (Å²) in [5.41, 5.74) is 5.94. The molecule has 0 atom stereocenters. The van der Waals surface area contributed by atoms with E-state index >= 15 is 0 Å². The van der Waals surface area contributed by atoms with Crippen molar-refractivity contribution in [3.63, 3.8) is 0 Å². The molecule has 6 nitrogen and oxygen atoms in total. The number of hydrogen-bond donors (Lipinski definition) is 0. The lowest BCUT2D eigenvalue weighted by atomic mass is 10.1. The summed E-state index contributed by atoms with van der Waals surface area (Å²) in [5, 5.41) is 0. The molecule has 140 valence electrons. The first-order valence-electron chi connectivity index (χ1n) is 9.70. The van der Waals surface area contributed by atoms with Gasteiger partial charge in [-0.25, -0.2) is 4.99 Å². The molecule has 1 fully saturated rings. The minimum absolute atomic E-state index is 0.787. The predicted octanol–water partition coefficient (Wildman–Crippen LogP) is 2.75. The number of nitrogens with zero attached hydrogens (tertiary/aromatic N) is 5. The fourth-order valence-corrected chi connectivity index (χ4v) is 4.07. The van der Waals surface area contributed by atoms with Gasteiger partial charge in [0.2, 0.25) is 5.96 Å². The first-order chi connectivity index (χ1) is 13.2. The molecule has 0 saturated carbocycles. The van der Waals surface area contributed by atoms with Gasteiger partial charge >= 0.3 is 0 Å². The van der Waals surface area contributed by atoms with Crippen LogP contribution in [0.1, 0.15) is 19.4 Å². The summed E-state index contributed by atoms with van der Waals surface area (Å²) in [7, 11) is 0. The van der Waals surface area contributed by atoms with Crippen molar-refractivity contribution in [1.29, 1.82) is 0 Å². The number of guanidine groups is 1. The summed E-state index contributed by atoms with van der Waals surface area (Å²) in [6, 6.07) is 6.59. The van der Waals surface area contributed by atoms with E-state index in [1.165, 1.54) is 17.0 Å². The van der Waals surface area contributed by atoms with E-state index in [0.29, 0.717) is 0 Å². The van der Waals surface area contributed by atoms with Gasteiger partial charge in [-0.2, -0.15) is 0 Å². The summed E-state index contributed by atoms with van der Waals surface area (Å²) in [5.74, 6) is 2.06. The van der Waals surface area contributed by atoms with Gasteiger partial charge in [-0.3, -0.25) is 9.89 Å². The van der Waals surface area contributed by atoms with Crippen molar-refractivity contribution in [3.8, 4) is 0 Å². The Morgan fingerprint density at radius 2 is 1.85 bits per heavy atom. The Balaban J connectivity index is 1.56. The predicted molar refractivity (Wildman–Crippen MR) is 109 cm³/mol. The quantitative estimate of drug-likeness (QED) is 0.770. The van der Waals surface area contributed by atoms with Crippen LogP contribution in [0.4, 0.5) is 11.4 Å². The van der Waals surface area contributed by atoms with E-state index in [4.69, 9.17) is 14.7 Å². The molecule has 4 aliphatic heterocycles. The van der Waals surface area contributed by atoms with Crippen molar-refractivity contribution in [2.75, 3.05) is 50.8 Å². The maximum atomic E-state index is 5.50. The lowest BCUT2D eigenvalue weighted by Gasteiger charge is -2.37. The molecule has 1 saturated heterocycles. The highest BCUT2D eigenvalue weighted by atomic mass is 16.5. The number of hydrogen-bond acceptors (Lipinski definition) is 6. The van der Waals surface area contributed by atoms with Gasteiger partial charge in [-0.1, -0.05) is 11.6 Å². The number of rotatable bonds is 1. The van der Waals surface area contributed by atoms with Crippen molar-refractivity contribution in [2.24, 2.45) is 9.98 Å². The Bertz CT molecular complexity index is 892. The van der Waals surface area contributed by atoms with Crippen molar-refractivity contribution < 1.29 is 4.74 Å². The highest BCUT2D eigenvalue weighted by molar-refractivity contribution is 6.16. The van der Waals surface area contributed by atoms with Crippen LogP contribution in [0.5, 0.6) is 0 Å². The lowest BCUT2D eigenvalue weighted by molar-refractivity contribution is 0.122. The molecule has 4 aliphatic rings. The summed E-state index contributed by atoms with van der Waals surface area (Å²) in [6.45, 7) is 10.4. The average molecular weight is 363 g/mol. The number of aliphatic imine (C=N–C) groups is 2. The Morgan fingerprint density at radius 3 is 2.70 bits per heavy atom. The van der Waals surface area contributed by atoms with Crippen LogP contribution >= 0.6 is 0 Å². The first-order valence-corrected chi connectivity index (χ1v) is 9.70. The van der Waals surface area contributed by atoms with Gasteiger partial charge in [-0.05, 0) is 38.1 Å². The second kappa shape index (κ2) is 6.53. The van der Waals surface area contributed by atoms with Gasteiger partial charge < -0.3 is 14.5 Å². The minimum Gasteiger partial charge on any atom is -0.378 e. The van der Waals surface area contributed by atoms with Crippen LogP contribution in [0, 0.1) is 0 Å². The van der Waals surface area contributed by atoms with Gasteiger partial charge in [0.15, 0.2) is 0 Å². The standard InChI is InChI=1S/C21H25N5O/c1-15-3-4-16(2)26(14-15)21-23-19-13-17(24-9-11-27-12-10-24)5-6-18(19)20-22-7-8-25(20)21/h3-6,13H,7-12,14H2,1-2H3. The molecule has 0 amide bonds. The SMILES string of the molecule is CC1=CC=C(C)N(C2=Nc3cc(N4CCOCC4)ccc3C3=NCCN32)C1. The van der Waals surface area contributed by atoms with Gasteiger partial charge in [-0.15, -0.1) is 0 Å². The van der Waals surface area contributed by atoms with Crippen molar-refractivity contribution in [3.05, 3.63) is 47.2 Å². The largest absolute Gasteiger partial charge is 0.378 e. The molecular weight excluding hydrogens is 338 g/mol. The van der Waals surface area contributed by atoms with E-state index in [1.807, 2.05) is 0 Å². The third-order valence-corrected chi connectivity index (χ3v) is 5.58. The summed E-state index contributed by atoms with van der Waals surface area (Å²) in [4.78, 5) is 16.9. The molecule has 0 unspecified atom stereocenters. The van der Waals surface area contributed by atoms with E-state index in [-0.39, 0.29) is 0 Å². The smallest absolute Gasteiger partial charge is 0.212 e. The molecule has 0 N–H and O–H groups in total. The van der Waals surface area contributed by atoms with Crippen LogP contribution in [0.25, 0.3) is 0 Å². The zero-order valence-corrected chi connectivity index (χ0v) is 16.0. The lowest BCUT2D eigenvalue weighted by Crippen LogP contribution is -2.48. The molecule has 5 rings (SSSR count). The molecule has 0 spiro atoms. The summed E-state index contributed by atoms with van der Waals surface area (Å²) in [6.07, 6.45) is 4.37. The number of allylic oxidation sites excluding steroid dienone is 3. The molecule has 6 heteroatoms. The zero-order chi connectivity index (χ0) is 18.4. The molecule has 0 aromatic heterocycles. The molecule has 0 radical (unpaired) electrons. The van der Waals surface area contributed by atoms with E-state index in [1.54, 1.807) is 0 Å². The Morgan fingerprint density at radius 1 is 1.00 bits per heavy atom. The van der Waals surface area contributed by atoms with E-state index < -0.39 is 0 Å². The number of benzene rings is 1. The number of fused-ring (bicyclic) bond motifs is 3. The average Bonchev–Trinajstić information content (AvgIpc) is 3.20. The second-order valence-electron chi connectivity index (χ2n) is 7.48. The third kappa shape index (κ3) is 2.84. The van der Waals surface area contributed by atoms with E-state index in [0.717, 1.165) is 69.0 Å². The topological polar surface area (TPSA) is 43.7 Å². The van der Waals surface area contributed by atoms with Gasteiger partial charge in [0.25, 0.3) is 0 Å². The normalized spacial score (nSPS) is 21.9. The maximum Gasteiger partial charge on any atom is 0.212 e. The summed E-state index contributed by atoms with van der Waals surface area (Å²) >= 11 is 0. The van der Waals surface area contributed by atoms with Crippen molar-refractivity contribution in [1.82, 2.24) is 9.80 Å². The fraction of sp³-hybridized carbons (Fsp3) is 0.429. The van der Waals surface area contributed by atoms with Crippen molar-refractivity contribution in [2.45, 2.75) is 13.8 Å². The zero-order valence-electron chi connectivity index (χ0n) is 16.0. The monoisotopic (exact) mass is 363 g/mol.